The average molecular weight is 380 g/mol. The fraction of sp³-hybridized carbons (Fsp3) is 0.348. The summed E-state index contributed by atoms with van der Waals surface area (Å²) in [6.45, 7) is 7.41. The van der Waals surface area contributed by atoms with Crippen LogP contribution in [0.1, 0.15) is 34.0 Å². The van der Waals surface area contributed by atoms with Crippen molar-refractivity contribution in [3.63, 3.8) is 0 Å². The van der Waals surface area contributed by atoms with E-state index in [1.54, 1.807) is 25.3 Å². The Kier molecular flexibility index (Phi) is 6.49. The molecule has 1 unspecified atom stereocenters. The van der Waals surface area contributed by atoms with Gasteiger partial charge in [-0.05, 0) is 37.6 Å². The fourth-order valence-corrected chi connectivity index (χ4v) is 3.42. The summed E-state index contributed by atoms with van der Waals surface area (Å²) in [7, 11) is 1.58. The number of benzene rings is 2. The zero-order valence-corrected chi connectivity index (χ0v) is 16.7. The van der Waals surface area contributed by atoms with Crippen LogP contribution in [0.3, 0.4) is 0 Å². The van der Waals surface area contributed by atoms with Gasteiger partial charge in [-0.25, -0.2) is 0 Å². The highest BCUT2D eigenvalue weighted by atomic mass is 16.5. The van der Waals surface area contributed by atoms with E-state index in [1.807, 2.05) is 31.2 Å². The van der Waals surface area contributed by atoms with Crippen LogP contribution in [0.25, 0.3) is 6.08 Å². The van der Waals surface area contributed by atoms with Gasteiger partial charge in [-0.3, -0.25) is 9.69 Å². The molecule has 5 nitrogen and oxygen atoms in total. The number of ketones is 1. The Morgan fingerprint density at radius 3 is 2.71 bits per heavy atom. The van der Waals surface area contributed by atoms with E-state index in [-0.39, 0.29) is 11.5 Å². The second-order valence-corrected chi connectivity index (χ2v) is 7.27. The zero-order valence-electron chi connectivity index (χ0n) is 16.7. The molecule has 0 saturated carbocycles. The summed E-state index contributed by atoms with van der Waals surface area (Å²) < 4.78 is 5.45. The van der Waals surface area contributed by atoms with Gasteiger partial charge in [0.05, 0.1) is 18.2 Å². The maximum Gasteiger partial charge on any atom is 0.189 e. The van der Waals surface area contributed by atoms with Crippen LogP contribution < -0.4 is 10.1 Å². The predicted octanol–water partition coefficient (Wildman–Crippen LogP) is 3.40. The Morgan fingerprint density at radius 1 is 1.29 bits per heavy atom. The molecule has 1 saturated heterocycles. The van der Waals surface area contributed by atoms with E-state index in [2.05, 4.69) is 17.1 Å². The molecule has 2 N–H and O–H groups in total. The number of nitrogens with one attached hydrogen (secondary N) is 1. The number of carbonyl (C=O) groups is 1. The molecule has 0 bridgehead atoms. The standard InChI is InChI=1S/C23H28N2O3/c1-16-4-6-18(7-5-16)8-10-21(26)19-9-11-22(28-3)20(23(19)27)15-25-13-12-24-14-17(25)2/h4-11,17,24,27H,12-15H2,1-3H3/b10-8+. The van der Waals surface area contributed by atoms with E-state index < -0.39 is 0 Å². The first kappa shape index (κ1) is 20.1. The monoisotopic (exact) mass is 380 g/mol. The molecular weight excluding hydrogens is 352 g/mol. The summed E-state index contributed by atoms with van der Waals surface area (Å²) >= 11 is 0. The summed E-state index contributed by atoms with van der Waals surface area (Å²) in [5.74, 6) is 0.376. The van der Waals surface area contributed by atoms with Crippen LogP contribution in [0.4, 0.5) is 0 Å². The van der Waals surface area contributed by atoms with Gasteiger partial charge < -0.3 is 15.2 Å². The largest absolute Gasteiger partial charge is 0.507 e. The molecule has 0 radical (unpaired) electrons. The number of phenolic OH excluding ortho intramolecular Hbond substituents is 1. The number of hydrogen-bond donors (Lipinski definition) is 2. The van der Waals surface area contributed by atoms with Gasteiger partial charge in [0.2, 0.25) is 0 Å². The molecule has 2 aromatic rings. The third-order valence-corrected chi connectivity index (χ3v) is 5.23. The Morgan fingerprint density at radius 2 is 2.04 bits per heavy atom. The van der Waals surface area contributed by atoms with Crippen molar-refractivity contribution in [1.29, 1.82) is 0 Å². The van der Waals surface area contributed by atoms with Gasteiger partial charge in [0.15, 0.2) is 5.78 Å². The lowest BCUT2D eigenvalue weighted by molar-refractivity contribution is 0.104. The lowest BCUT2D eigenvalue weighted by atomic mass is 10.0. The number of hydrogen-bond acceptors (Lipinski definition) is 5. The van der Waals surface area contributed by atoms with Crippen LogP contribution in [0, 0.1) is 6.92 Å². The number of piperazine rings is 1. The first-order valence-electron chi connectivity index (χ1n) is 9.62. The number of methoxy groups -OCH3 is 1. The van der Waals surface area contributed by atoms with Gasteiger partial charge in [-0.1, -0.05) is 35.9 Å². The van der Waals surface area contributed by atoms with E-state index in [0.29, 0.717) is 29.5 Å². The van der Waals surface area contributed by atoms with E-state index in [0.717, 1.165) is 25.2 Å². The smallest absolute Gasteiger partial charge is 0.189 e. The maximum absolute atomic E-state index is 12.7. The first-order chi connectivity index (χ1) is 13.5. The van der Waals surface area contributed by atoms with Crippen LogP contribution in [-0.4, -0.2) is 48.6 Å². The minimum Gasteiger partial charge on any atom is -0.507 e. The molecular formula is C23H28N2O3. The Bertz CT molecular complexity index is 859. The van der Waals surface area contributed by atoms with Crippen molar-refractivity contribution < 1.29 is 14.6 Å². The highest BCUT2D eigenvalue weighted by Gasteiger charge is 2.23. The topological polar surface area (TPSA) is 61.8 Å². The van der Waals surface area contributed by atoms with E-state index in [1.165, 1.54) is 11.6 Å². The molecule has 1 aliphatic rings. The number of phenols is 1. The summed E-state index contributed by atoms with van der Waals surface area (Å²) in [5, 5.41) is 14.2. The van der Waals surface area contributed by atoms with E-state index in [9.17, 15) is 9.90 Å². The summed E-state index contributed by atoms with van der Waals surface area (Å²) in [6.07, 6.45) is 3.27. The van der Waals surface area contributed by atoms with Crippen molar-refractivity contribution in [3.05, 3.63) is 64.7 Å². The summed E-state index contributed by atoms with van der Waals surface area (Å²) in [6, 6.07) is 11.7. The van der Waals surface area contributed by atoms with Gasteiger partial charge in [-0.2, -0.15) is 0 Å². The van der Waals surface area contributed by atoms with Crippen LogP contribution in [0.2, 0.25) is 0 Å². The predicted molar refractivity (Wildman–Crippen MR) is 112 cm³/mol. The third-order valence-electron chi connectivity index (χ3n) is 5.23. The van der Waals surface area contributed by atoms with Gasteiger partial charge in [0, 0.05) is 32.2 Å². The van der Waals surface area contributed by atoms with Crippen LogP contribution in [0.15, 0.2) is 42.5 Å². The number of aromatic hydroxyl groups is 1. The molecule has 28 heavy (non-hydrogen) atoms. The van der Waals surface area contributed by atoms with E-state index in [4.69, 9.17) is 4.74 Å². The van der Waals surface area contributed by atoms with Crippen molar-refractivity contribution in [2.75, 3.05) is 26.7 Å². The molecule has 1 aliphatic heterocycles. The SMILES string of the molecule is COc1ccc(C(=O)/C=C/c2ccc(C)cc2)c(O)c1CN1CCNCC1C. The molecule has 1 heterocycles. The van der Waals surface area contributed by atoms with Gasteiger partial charge in [-0.15, -0.1) is 0 Å². The normalized spacial score (nSPS) is 17.8. The quantitative estimate of drug-likeness (QED) is 0.594. The van der Waals surface area contributed by atoms with Crippen molar-refractivity contribution in [2.45, 2.75) is 26.4 Å². The molecule has 0 aliphatic carbocycles. The minimum atomic E-state index is -0.227. The Labute approximate surface area is 166 Å². The van der Waals surface area contributed by atoms with E-state index >= 15 is 0 Å². The second kappa shape index (κ2) is 9.04. The van der Waals surface area contributed by atoms with Gasteiger partial charge in [0.1, 0.15) is 11.5 Å². The maximum atomic E-state index is 12.7. The average Bonchev–Trinajstić information content (AvgIpc) is 2.70. The first-order valence-corrected chi connectivity index (χ1v) is 9.62. The van der Waals surface area contributed by atoms with Crippen LogP contribution in [-0.2, 0) is 6.54 Å². The third kappa shape index (κ3) is 4.61. The molecule has 2 aromatic carbocycles. The molecule has 3 rings (SSSR count). The Balaban J connectivity index is 1.84. The highest BCUT2D eigenvalue weighted by Crippen LogP contribution is 2.33. The second-order valence-electron chi connectivity index (χ2n) is 7.27. The van der Waals surface area contributed by atoms with Gasteiger partial charge in [0.25, 0.3) is 0 Å². The molecule has 0 spiro atoms. The molecule has 148 valence electrons. The minimum absolute atomic E-state index is 0.00337. The van der Waals surface area contributed by atoms with Crippen LogP contribution in [0.5, 0.6) is 11.5 Å². The van der Waals surface area contributed by atoms with Gasteiger partial charge >= 0.3 is 0 Å². The van der Waals surface area contributed by atoms with Crippen molar-refractivity contribution in [2.24, 2.45) is 0 Å². The zero-order chi connectivity index (χ0) is 20.1. The number of allylic oxidation sites excluding steroid dienone is 1. The van der Waals surface area contributed by atoms with Crippen LogP contribution >= 0.6 is 0 Å². The summed E-state index contributed by atoms with van der Waals surface area (Å²) in [5.41, 5.74) is 3.07. The lowest BCUT2D eigenvalue weighted by Gasteiger charge is -2.34. The number of carbonyl (C=O) groups excluding carboxylic acids is 1. The lowest BCUT2D eigenvalue weighted by Crippen LogP contribution is -2.49. The molecule has 1 atom stereocenters. The summed E-state index contributed by atoms with van der Waals surface area (Å²) in [4.78, 5) is 15.0. The van der Waals surface area contributed by atoms with Crippen molar-refractivity contribution in [3.8, 4) is 11.5 Å². The Hall–Kier alpha value is -2.63. The molecule has 0 amide bonds. The van der Waals surface area contributed by atoms with Crippen molar-refractivity contribution in [1.82, 2.24) is 10.2 Å². The highest BCUT2D eigenvalue weighted by molar-refractivity contribution is 6.09. The fourth-order valence-electron chi connectivity index (χ4n) is 3.42. The van der Waals surface area contributed by atoms with Crippen molar-refractivity contribution >= 4 is 11.9 Å². The number of rotatable bonds is 6. The number of ether oxygens (including phenoxy) is 1. The molecule has 1 fully saturated rings. The molecule has 5 heteroatoms. The molecule has 0 aromatic heterocycles. The number of nitrogens with zero attached hydrogens (tertiary/aromatic N) is 1. The number of aryl methyl sites for hydroxylation is 1.